The van der Waals surface area contributed by atoms with Crippen molar-refractivity contribution in [3.8, 4) is 11.5 Å². The fraction of sp³-hybridized carbons (Fsp3) is 0.240. The number of nitrogens with one attached hydrogen (secondary N) is 1. The number of benzene rings is 3. The highest BCUT2D eigenvalue weighted by Crippen LogP contribution is 2.39. The molecule has 3 rings (SSSR count). The standard InChI is InChI=1S/C25H28N4O3/c1-5-31-23-17-22(28-27-19-12-14-20(15-13-19)29(3)4)24(32-6-2)16-21(23)26-25(30)18-10-8-7-9-11-18/h7-17H,5-6H2,1-4H3,(H,26,30). The van der Waals surface area contributed by atoms with Gasteiger partial charge >= 0.3 is 0 Å². The summed E-state index contributed by atoms with van der Waals surface area (Å²) in [6.45, 7) is 4.65. The van der Waals surface area contributed by atoms with Crippen LogP contribution in [0.5, 0.6) is 11.5 Å². The van der Waals surface area contributed by atoms with Gasteiger partial charge in [0.05, 0.1) is 24.6 Å². The van der Waals surface area contributed by atoms with Crippen LogP contribution in [0.3, 0.4) is 0 Å². The summed E-state index contributed by atoms with van der Waals surface area (Å²) in [7, 11) is 3.97. The van der Waals surface area contributed by atoms with E-state index in [1.54, 1.807) is 24.3 Å². The smallest absolute Gasteiger partial charge is 0.255 e. The third-order valence-corrected chi connectivity index (χ3v) is 4.58. The van der Waals surface area contributed by atoms with E-state index in [0.717, 1.165) is 11.4 Å². The maximum absolute atomic E-state index is 12.7. The summed E-state index contributed by atoms with van der Waals surface area (Å²) in [5, 5.41) is 11.6. The van der Waals surface area contributed by atoms with Crippen molar-refractivity contribution in [2.24, 2.45) is 10.2 Å². The fourth-order valence-electron chi connectivity index (χ4n) is 2.98. The Kier molecular flexibility index (Phi) is 7.80. The molecule has 0 radical (unpaired) electrons. The summed E-state index contributed by atoms with van der Waals surface area (Å²) in [6.07, 6.45) is 0. The first-order valence-electron chi connectivity index (χ1n) is 10.5. The molecule has 0 bridgehead atoms. The molecule has 7 heteroatoms. The number of anilines is 2. The molecule has 0 saturated carbocycles. The van der Waals surface area contributed by atoms with Crippen molar-refractivity contribution < 1.29 is 14.3 Å². The lowest BCUT2D eigenvalue weighted by Crippen LogP contribution is -2.13. The highest BCUT2D eigenvalue weighted by atomic mass is 16.5. The van der Waals surface area contributed by atoms with Gasteiger partial charge in [-0.3, -0.25) is 4.79 Å². The van der Waals surface area contributed by atoms with Crippen LogP contribution in [0.2, 0.25) is 0 Å². The van der Waals surface area contributed by atoms with E-state index in [0.29, 0.717) is 41.7 Å². The lowest BCUT2D eigenvalue weighted by molar-refractivity contribution is 0.102. The molecule has 0 unspecified atom stereocenters. The van der Waals surface area contributed by atoms with Gasteiger partial charge in [-0.25, -0.2) is 0 Å². The molecule has 0 aliphatic rings. The van der Waals surface area contributed by atoms with Crippen LogP contribution in [0, 0.1) is 0 Å². The molecule has 0 fully saturated rings. The third kappa shape index (κ3) is 5.85. The van der Waals surface area contributed by atoms with Crippen molar-refractivity contribution in [2.75, 3.05) is 37.5 Å². The Hall–Kier alpha value is -3.87. The molecule has 0 heterocycles. The zero-order valence-electron chi connectivity index (χ0n) is 18.8. The van der Waals surface area contributed by atoms with Gasteiger partial charge in [-0.05, 0) is 50.2 Å². The topological polar surface area (TPSA) is 75.5 Å². The average Bonchev–Trinajstić information content (AvgIpc) is 2.80. The summed E-state index contributed by atoms with van der Waals surface area (Å²) >= 11 is 0. The molecule has 0 aromatic heterocycles. The van der Waals surface area contributed by atoms with Crippen LogP contribution in [0.15, 0.2) is 77.0 Å². The minimum absolute atomic E-state index is 0.232. The molecule has 0 saturated heterocycles. The van der Waals surface area contributed by atoms with E-state index in [4.69, 9.17) is 9.47 Å². The number of hydrogen-bond donors (Lipinski definition) is 1. The Morgan fingerprint density at radius 3 is 2.16 bits per heavy atom. The number of carbonyl (C=O) groups excluding carboxylic acids is 1. The first-order valence-corrected chi connectivity index (χ1v) is 10.5. The van der Waals surface area contributed by atoms with E-state index >= 15 is 0 Å². The summed E-state index contributed by atoms with van der Waals surface area (Å²) in [5.74, 6) is 0.773. The highest BCUT2D eigenvalue weighted by molar-refractivity contribution is 6.05. The minimum atomic E-state index is -0.232. The Bertz CT molecular complexity index is 1060. The quantitative estimate of drug-likeness (QED) is 0.407. The van der Waals surface area contributed by atoms with Crippen LogP contribution < -0.4 is 19.7 Å². The van der Waals surface area contributed by atoms with Crippen LogP contribution in [0.25, 0.3) is 0 Å². The molecule has 0 spiro atoms. The normalized spacial score (nSPS) is 10.8. The second-order valence-electron chi connectivity index (χ2n) is 7.11. The maximum atomic E-state index is 12.7. The number of azo groups is 1. The predicted molar refractivity (Wildman–Crippen MR) is 128 cm³/mol. The highest BCUT2D eigenvalue weighted by Gasteiger charge is 2.15. The Labute approximate surface area is 188 Å². The van der Waals surface area contributed by atoms with E-state index in [9.17, 15) is 4.79 Å². The van der Waals surface area contributed by atoms with Crippen molar-refractivity contribution in [3.63, 3.8) is 0 Å². The Morgan fingerprint density at radius 1 is 0.875 bits per heavy atom. The number of nitrogens with zero attached hydrogens (tertiary/aromatic N) is 3. The molecule has 0 aliphatic heterocycles. The van der Waals surface area contributed by atoms with Crippen molar-refractivity contribution in [3.05, 3.63) is 72.3 Å². The lowest BCUT2D eigenvalue weighted by atomic mass is 10.2. The van der Waals surface area contributed by atoms with Crippen LogP contribution >= 0.6 is 0 Å². The van der Waals surface area contributed by atoms with Gasteiger partial charge in [-0.15, -0.1) is 5.11 Å². The molecule has 1 amide bonds. The minimum Gasteiger partial charge on any atom is -0.492 e. The largest absolute Gasteiger partial charge is 0.492 e. The molecule has 0 atom stereocenters. The monoisotopic (exact) mass is 432 g/mol. The molecular formula is C25H28N4O3. The van der Waals surface area contributed by atoms with Crippen molar-refractivity contribution in [2.45, 2.75) is 13.8 Å². The molecule has 0 aliphatic carbocycles. The summed E-state index contributed by atoms with van der Waals surface area (Å²) in [4.78, 5) is 14.7. The third-order valence-electron chi connectivity index (χ3n) is 4.58. The predicted octanol–water partition coefficient (Wildman–Crippen LogP) is 6.22. The first-order chi connectivity index (χ1) is 15.5. The van der Waals surface area contributed by atoms with Gasteiger partial charge in [0.2, 0.25) is 0 Å². The number of ether oxygens (including phenoxy) is 2. The van der Waals surface area contributed by atoms with Crippen LogP contribution in [0.4, 0.5) is 22.7 Å². The van der Waals surface area contributed by atoms with Gasteiger partial charge in [-0.1, -0.05) is 18.2 Å². The van der Waals surface area contributed by atoms with E-state index in [1.165, 1.54) is 0 Å². The Balaban J connectivity index is 1.91. The molecule has 166 valence electrons. The molecule has 32 heavy (non-hydrogen) atoms. The average molecular weight is 433 g/mol. The summed E-state index contributed by atoms with van der Waals surface area (Å²) in [5.41, 5.74) is 3.38. The van der Waals surface area contributed by atoms with Crippen LogP contribution in [-0.2, 0) is 0 Å². The number of carbonyl (C=O) groups is 1. The van der Waals surface area contributed by atoms with Gasteiger partial charge in [0, 0.05) is 37.5 Å². The molecule has 1 N–H and O–H groups in total. The fourth-order valence-corrected chi connectivity index (χ4v) is 2.98. The molecule has 7 nitrogen and oxygen atoms in total. The molecule has 3 aromatic carbocycles. The van der Waals surface area contributed by atoms with Crippen molar-refractivity contribution in [1.29, 1.82) is 0 Å². The van der Waals surface area contributed by atoms with Crippen LogP contribution in [0.1, 0.15) is 24.2 Å². The summed E-state index contributed by atoms with van der Waals surface area (Å²) in [6, 6.07) is 20.2. The van der Waals surface area contributed by atoms with E-state index in [1.807, 2.05) is 75.3 Å². The zero-order chi connectivity index (χ0) is 22.9. The second-order valence-corrected chi connectivity index (χ2v) is 7.11. The number of amides is 1. The maximum Gasteiger partial charge on any atom is 0.255 e. The van der Waals surface area contributed by atoms with E-state index in [2.05, 4.69) is 15.5 Å². The lowest BCUT2D eigenvalue weighted by Gasteiger charge is -2.15. The van der Waals surface area contributed by atoms with E-state index < -0.39 is 0 Å². The summed E-state index contributed by atoms with van der Waals surface area (Å²) < 4.78 is 11.5. The van der Waals surface area contributed by atoms with Gasteiger partial charge < -0.3 is 19.7 Å². The molecule has 3 aromatic rings. The number of hydrogen-bond acceptors (Lipinski definition) is 6. The van der Waals surface area contributed by atoms with Crippen molar-refractivity contribution in [1.82, 2.24) is 0 Å². The van der Waals surface area contributed by atoms with Crippen LogP contribution in [-0.4, -0.2) is 33.2 Å². The SMILES string of the molecule is CCOc1cc(NC(=O)c2ccccc2)c(OCC)cc1N=Nc1ccc(N(C)C)cc1. The Morgan fingerprint density at radius 2 is 1.53 bits per heavy atom. The van der Waals surface area contributed by atoms with E-state index in [-0.39, 0.29) is 5.91 Å². The van der Waals surface area contributed by atoms with Gasteiger partial charge in [0.15, 0.2) is 0 Å². The molecular weight excluding hydrogens is 404 g/mol. The van der Waals surface area contributed by atoms with Gasteiger partial charge in [0.25, 0.3) is 5.91 Å². The van der Waals surface area contributed by atoms with Crippen molar-refractivity contribution >= 4 is 28.7 Å². The number of rotatable bonds is 9. The van der Waals surface area contributed by atoms with Gasteiger partial charge in [0.1, 0.15) is 17.2 Å². The van der Waals surface area contributed by atoms with Gasteiger partial charge in [-0.2, -0.15) is 5.11 Å². The second kappa shape index (κ2) is 10.9. The first kappa shape index (κ1) is 22.8. The zero-order valence-corrected chi connectivity index (χ0v) is 18.8.